The molecule has 2 rings (SSSR count). The van der Waals surface area contributed by atoms with Crippen molar-refractivity contribution >= 4 is 22.0 Å². The first-order valence-corrected chi connectivity index (χ1v) is 9.47. The standard InChI is InChI=1S/C17H24N2O4S/c1-13-6-4-5-11-19(13)17(20)10-8-14-7-9-15(23-3)16(12-14)24(21,22)18-2/h7-10,12-13,18H,4-6,11H2,1-3H3/b10-8-/t13-/m1/s1. The van der Waals surface area contributed by atoms with E-state index in [1.54, 1.807) is 18.2 Å². The van der Waals surface area contributed by atoms with Gasteiger partial charge in [-0.3, -0.25) is 4.79 Å². The van der Waals surface area contributed by atoms with Crippen molar-refractivity contribution in [2.75, 3.05) is 20.7 Å². The summed E-state index contributed by atoms with van der Waals surface area (Å²) < 4.78 is 31.5. The zero-order chi connectivity index (χ0) is 17.7. The predicted octanol–water partition coefficient (Wildman–Crippen LogP) is 2.02. The monoisotopic (exact) mass is 352 g/mol. The molecule has 0 radical (unpaired) electrons. The number of piperidine rings is 1. The normalized spacial score (nSPS) is 18.8. The molecule has 1 atom stereocenters. The highest BCUT2D eigenvalue weighted by Gasteiger charge is 2.21. The van der Waals surface area contributed by atoms with Gasteiger partial charge in [0.15, 0.2) is 0 Å². The van der Waals surface area contributed by atoms with Crippen LogP contribution in [0.5, 0.6) is 5.75 Å². The second kappa shape index (κ2) is 7.81. The number of carbonyl (C=O) groups is 1. The average Bonchev–Trinajstić information content (AvgIpc) is 2.59. The molecule has 1 fully saturated rings. The Hall–Kier alpha value is -1.86. The summed E-state index contributed by atoms with van der Waals surface area (Å²) in [5.74, 6) is 0.216. The van der Waals surface area contributed by atoms with Crippen molar-refractivity contribution < 1.29 is 17.9 Å². The van der Waals surface area contributed by atoms with Crippen LogP contribution in [0, 0.1) is 0 Å². The maximum Gasteiger partial charge on any atom is 0.246 e. The molecule has 1 amide bonds. The zero-order valence-corrected chi connectivity index (χ0v) is 15.1. The maximum absolute atomic E-state index is 12.3. The van der Waals surface area contributed by atoms with Gasteiger partial charge in [0.2, 0.25) is 15.9 Å². The van der Waals surface area contributed by atoms with Crippen LogP contribution >= 0.6 is 0 Å². The molecule has 0 bridgehead atoms. The highest BCUT2D eigenvalue weighted by atomic mass is 32.2. The fraction of sp³-hybridized carbons (Fsp3) is 0.471. The highest BCUT2D eigenvalue weighted by Crippen LogP contribution is 2.25. The maximum atomic E-state index is 12.3. The second-order valence-corrected chi connectivity index (χ2v) is 7.68. The Balaban J connectivity index is 2.23. The zero-order valence-electron chi connectivity index (χ0n) is 14.3. The molecule has 1 N–H and O–H groups in total. The van der Waals surface area contributed by atoms with Crippen molar-refractivity contribution in [1.29, 1.82) is 0 Å². The third kappa shape index (κ3) is 4.15. The molecule has 1 saturated heterocycles. The van der Waals surface area contributed by atoms with Crippen molar-refractivity contribution in [1.82, 2.24) is 9.62 Å². The molecule has 1 aromatic carbocycles. The molecule has 0 aromatic heterocycles. The second-order valence-electron chi connectivity index (χ2n) is 5.83. The van der Waals surface area contributed by atoms with Gasteiger partial charge in [0, 0.05) is 18.7 Å². The number of nitrogens with zero attached hydrogens (tertiary/aromatic N) is 1. The SMILES string of the molecule is CNS(=O)(=O)c1cc(/C=C\C(=O)N2CCCC[C@H]2C)ccc1OC. The molecule has 24 heavy (non-hydrogen) atoms. The smallest absolute Gasteiger partial charge is 0.246 e. The highest BCUT2D eigenvalue weighted by molar-refractivity contribution is 7.89. The number of hydrogen-bond acceptors (Lipinski definition) is 4. The van der Waals surface area contributed by atoms with E-state index in [9.17, 15) is 13.2 Å². The summed E-state index contributed by atoms with van der Waals surface area (Å²) in [6.07, 6.45) is 6.33. The Bertz CT molecular complexity index is 728. The molecule has 0 aliphatic carbocycles. The Kier molecular flexibility index (Phi) is 6.01. The minimum absolute atomic E-state index is 0.0453. The Labute approximate surface area is 143 Å². The van der Waals surface area contributed by atoms with Crippen LogP contribution in [0.1, 0.15) is 31.7 Å². The molecule has 1 heterocycles. The fourth-order valence-corrected chi connectivity index (χ4v) is 3.73. The third-order valence-electron chi connectivity index (χ3n) is 4.25. The van der Waals surface area contributed by atoms with E-state index in [2.05, 4.69) is 11.6 Å². The van der Waals surface area contributed by atoms with E-state index < -0.39 is 10.0 Å². The minimum Gasteiger partial charge on any atom is -0.495 e. The van der Waals surface area contributed by atoms with Crippen molar-refractivity contribution in [3.05, 3.63) is 29.8 Å². The minimum atomic E-state index is -3.64. The fourth-order valence-electron chi connectivity index (χ4n) is 2.81. The first kappa shape index (κ1) is 18.5. The number of rotatable bonds is 5. The number of benzene rings is 1. The molecule has 7 heteroatoms. The number of methoxy groups -OCH3 is 1. The van der Waals surface area contributed by atoms with Crippen LogP contribution in [0.4, 0.5) is 0 Å². The summed E-state index contributed by atoms with van der Waals surface area (Å²) in [4.78, 5) is 14.2. The van der Waals surface area contributed by atoms with Gasteiger partial charge in [-0.15, -0.1) is 0 Å². The molecule has 1 aliphatic heterocycles. The number of likely N-dealkylation sites (tertiary alicyclic amines) is 1. The van der Waals surface area contributed by atoms with Gasteiger partial charge in [0.05, 0.1) is 7.11 Å². The van der Waals surface area contributed by atoms with Crippen LogP contribution in [0.2, 0.25) is 0 Å². The molecule has 1 aliphatic rings. The third-order valence-corrected chi connectivity index (χ3v) is 5.69. The molecule has 0 spiro atoms. The van der Waals surface area contributed by atoms with E-state index in [0.717, 1.165) is 25.8 Å². The van der Waals surface area contributed by atoms with Crippen molar-refractivity contribution in [2.45, 2.75) is 37.1 Å². The molecular weight excluding hydrogens is 328 g/mol. The molecule has 0 saturated carbocycles. The van der Waals surface area contributed by atoms with Crippen LogP contribution < -0.4 is 9.46 Å². The van der Waals surface area contributed by atoms with Crippen LogP contribution in [0.3, 0.4) is 0 Å². The van der Waals surface area contributed by atoms with E-state index in [0.29, 0.717) is 5.56 Å². The van der Waals surface area contributed by atoms with Crippen LogP contribution in [0.15, 0.2) is 29.2 Å². The first-order valence-electron chi connectivity index (χ1n) is 7.99. The van der Waals surface area contributed by atoms with Crippen molar-refractivity contribution in [3.63, 3.8) is 0 Å². The van der Waals surface area contributed by atoms with Gasteiger partial charge < -0.3 is 9.64 Å². The Morgan fingerprint density at radius 2 is 2.12 bits per heavy atom. The van der Waals surface area contributed by atoms with E-state index >= 15 is 0 Å². The van der Waals surface area contributed by atoms with Gasteiger partial charge in [-0.1, -0.05) is 6.07 Å². The van der Waals surface area contributed by atoms with Gasteiger partial charge in [-0.2, -0.15) is 0 Å². The number of hydrogen-bond donors (Lipinski definition) is 1. The summed E-state index contributed by atoms with van der Waals surface area (Å²) in [5, 5.41) is 0. The number of sulfonamides is 1. The Morgan fingerprint density at radius 3 is 2.75 bits per heavy atom. The van der Waals surface area contributed by atoms with Crippen molar-refractivity contribution in [3.8, 4) is 5.75 Å². The van der Waals surface area contributed by atoms with Crippen molar-refractivity contribution in [2.24, 2.45) is 0 Å². The largest absolute Gasteiger partial charge is 0.495 e. The van der Waals surface area contributed by atoms with E-state index in [1.165, 1.54) is 26.3 Å². The summed E-state index contributed by atoms with van der Waals surface area (Å²) in [6, 6.07) is 5.04. The topological polar surface area (TPSA) is 75.7 Å². The molecule has 6 nitrogen and oxygen atoms in total. The van der Waals surface area contributed by atoms with Gasteiger partial charge in [-0.25, -0.2) is 13.1 Å². The van der Waals surface area contributed by atoms with Crippen LogP contribution in [-0.4, -0.2) is 46.0 Å². The quantitative estimate of drug-likeness (QED) is 0.823. The summed E-state index contributed by atoms with van der Waals surface area (Å²) in [7, 11) is -0.872. The van der Waals surface area contributed by atoms with E-state index in [1.807, 2.05) is 4.90 Å². The number of nitrogens with one attached hydrogen (secondary N) is 1. The summed E-state index contributed by atoms with van der Waals surface area (Å²) in [6.45, 7) is 2.82. The molecule has 1 aromatic rings. The van der Waals surface area contributed by atoms with E-state index in [-0.39, 0.29) is 22.6 Å². The lowest BCUT2D eigenvalue weighted by atomic mass is 10.0. The average molecular weight is 352 g/mol. The first-order chi connectivity index (χ1) is 11.4. The van der Waals surface area contributed by atoms with Gasteiger partial charge in [0.1, 0.15) is 10.6 Å². The predicted molar refractivity (Wildman–Crippen MR) is 93.3 cm³/mol. The number of amides is 1. The summed E-state index contributed by atoms with van der Waals surface area (Å²) in [5.41, 5.74) is 0.627. The van der Waals surface area contributed by atoms with Gasteiger partial charge in [-0.05, 0) is 57.0 Å². The number of carbonyl (C=O) groups excluding carboxylic acids is 1. The van der Waals surface area contributed by atoms with Gasteiger partial charge in [0.25, 0.3) is 0 Å². The lowest BCUT2D eigenvalue weighted by Gasteiger charge is -2.32. The number of ether oxygens (including phenoxy) is 1. The lowest BCUT2D eigenvalue weighted by Crippen LogP contribution is -2.41. The van der Waals surface area contributed by atoms with Gasteiger partial charge >= 0.3 is 0 Å². The Morgan fingerprint density at radius 1 is 1.38 bits per heavy atom. The molecular formula is C17H24N2O4S. The molecule has 0 unspecified atom stereocenters. The molecule has 132 valence electrons. The van der Waals surface area contributed by atoms with E-state index in [4.69, 9.17) is 4.74 Å². The lowest BCUT2D eigenvalue weighted by molar-refractivity contribution is -0.129. The van der Waals surface area contributed by atoms with Crippen LogP contribution in [0.25, 0.3) is 6.08 Å². The summed E-state index contributed by atoms with van der Waals surface area (Å²) >= 11 is 0. The van der Waals surface area contributed by atoms with Crippen LogP contribution in [-0.2, 0) is 14.8 Å².